The molecule has 0 aromatic carbocycles. The highest BCUT2D eigenvalue weighted by Gasteiger charge is 2.63. The number of carbonyl (C=O) groups excluding carboxylic acids is 1. The highest BCUT2D eigenvalue weighted by atomic mass is 35.5. The van der Waals surface area contributed by atoms with E-state index in [1.54, 1.807) is 0 Å². The number of aliphatic hydroxyl groups excluding tert-OH is 2. The van der Waals surface area contributed by atoms with E-state index in [0.717, 1.165) is 32.1 Å². The highest BCUT2D eigenvalue weighted by molar-refractivity contribution is 6.14. The van der Waals surface area contributed by atoms with E-state index in [9.17, 15) is 15.0 Å². The van der Waals surface area contributed by atoms with Crippen LogP contribution < -0.4 is 10.2 Å². The SMILES string of the molecule is CC(NC(=O)CNCl)[C@H]1CCC2C3CCC4C[C@@H](O)CC[C@]4(C)C3[C@@H](O)C[C@@]21C. The molecule has 0 aromatic rings. The van der Waals surface area contributed by atoms with Crippen LogP contribution in [0.3, 0.4) is 0 Å². The van der Waals surface area contributed by atoms with Crippen LogP contribution in [0.15, 0.2) is 0 Å². The van der Waals surface area contributed by atoms with Crippen molar-refractivity contribution in [3.8, 4) is 0 Å². The van der Waals surface area contributed by atoms with Crippen molar-refractivity contribution in [1.29, 1.82) is 0 Å². The number of fused-ring (bicyclic) bond motifs is 5. The fraction of sp³-hybridized carbons (Fsp3) is 0.957. The zero-order chi connectivity index (χ0) is 21.0. The molecule has 0 aromatic heterocycles. The van der Waals surface area contributed by atoms with Crippen molar-refractivity contribution >= 4 is 17.7 Å². The quantitative estimate of drug-likeness (QED) is 0.520. The zero-order valence-corrected chi connectivity index (χ0v) is 18.9. The van der Waals surface area contributed by atoms with E-state index in [1.807, 2.05) is 0 Å². The van der Waals surface area contributed by atoms with E-state index >= 15 is 0 Å². The fourth-order valence-electron chi connectivity index (χ4n) is 8.69. The van der Waals surface area contributed by atoms with Gasteiger partial charge in [-0.25, -0.2) is 4.84 Å². The lowest BCUT2D eigenvalue weighted by Gasteiger charge is -2.62. The Kier molecular flexibility index (Phi) is 6.00. The van der Waals surface area contributed by atoms with E-state index in [0.29, 0.717) is 29.6 Å². The van der Waals surface area contributed by atoms with Crippen LogP contribution in [0.2, 0.25) is 0 Å². The smallest absolute Gasteiger partial charge is 0.235 e. The molecule has 5 nitrogen and oxygen atoms in total. The minimum Gasteiger partial charge on any atom is -0.393 e. The van der Waals surface area contributed by atoms with Crippen molar-refractivity contribution in [2.24, 2.45) is 40.4 Å². The lowest BCUT2D eigenvalue weighted by Crippen LogP contribution is -2.60. The minimum absolute atomic E-state index is 0.0671. The van der Waals surface area contributed by atoms with Crippen LogP contribution in [0, 0.1) is 40.4 Å². The standard InChI is InChI=1S/C23H39ClN2O3/c1-13(26-20(29)12-25-24)17-6-7-18-16-5-4-14-10-15(27)8-9-22(14,2)21(16)19(28)11-23(17,18)3/h13-19,21,25,27-28H,4-12H2,1-3H3,(H,26,29)/t13?,14?,15-,16?,17+,18?,19-,21?,22-,23+/m0/s1. The number of aliphatic hydroxyl groups is 2. The van der Waals surface area contributed by atoms with Crippen LogP contribution in [0.5, 0.6) is 0 Å². The van der Waals surface area contributed by atoms with Crippen molar-refractivity contribution in [2.75, 3.05) is 6.54 Å². The first-order valence-corrected chi connectivity index (χ1v) is 12.1. The summed E-state index contributed by atoms with van der Waals surface area (Å²) in [5.74, 6) is 2.42. The molecule has 0 bridgehead atoms. The molecule has 0 saturated heterocycles. The van der Waals surface area contributed by atoms with Gasteiger partial charge in [-0.3, -0.25) is 4.79 Å². The lowest BCUT2D eigenvalue weighted by atomic mass is 9.43. The Morgan fingerprint density at radius 3 is 2.62 bits per heavy atom. The summed E-state index contributed by atoms with van der Waals surface area (Å²) < 4.78 is 0. The summed E-state index contributed by atoms with van der Waals surface area (Å²) in [6.07, 6.45) is 7.92. The second-order valence-electron chi connectivity index (χ2n) is 11.1. The predicted octanol–water partition coefficient (Wildman–Crippen LogP) is 3.23. The van der Waals surface area contributed by atoms with Gasteiger partial charge < -0.3 is 15.5 Å². The van der Waals surface area contributed by atoms with Crippen LogP contribution >= 0.6 is 11.8 Å². The summed E-state index contributed by atoms with van der Waals surface area (Å²) in [6, 6.07) is 0.0861. The van der Waals surface area contributed by atoms with E-state index in [2.05, 4.69) is 30.9 Å². The predicted molar refractivity (Wildman–Crippen MR) is 114 cm³/mol. The Morgan fingerprint density at radius 1 is 1.14 bits per heavy atom. The lowest BCUT2D eigenvalue weighted by molar-refractivity contribution is -0.178. The summed E-state index contributed by atoms with van der Waals surface area (Å²) in [6.45, 7) is 7.01. The Labute approximate surface area is 180 Å². The second kappa shape index (κ2) is 7.96. The van der Waals surface area contributed by atoms with Crippen LogP contribution in [0.1, 0.15) is 72.1 Å². The maximum Gasteiger partial charge on any atom is 0.235 e. The van der Waals surface area contributed by atoms with Crippen LogP contribution in [-0.2, 0) is 4.79 Å². The van der Waals surface area contributed by atoms with E-state index < -0.39 is 0 Å². The molecule has 29 heavy (non-hydrogen) atoms. The summed E-state index contributed by atoms with van der Waals surface area (Å²) in [5.41, 5.74) is 0.228. The molecule has 166 valence electrons. The van der Waals surface area contributed by atoms with E-state index in [1.165, 1.54) is 19.3 Å². The number of hydrogen-bond acceptors (Lipinski definition) is 4. The molecule has 4 fully saturated rings. The van der Waals surface area contributed by atoms with E-state index in [-0.39, 0.29) is 41.5 Å². The number of nitrogens with one attached hydrogen (secondary N) is 2. The molecule has 1 amide bonds. The third-order valence-corrected chi connectivity index (χ3v) is 9.99. The van der Waals surface area contributed by atoms with Crippen LogP contribution in [-0.4, -0.2) is 40.9 Å². The maximum absolute atomic E-state index is 12.1. The molecule has 4 N–H and O–H groups in total. The molecule has 5 unspecified atom stereocenters. The minimum atomic E-state index is -0.280. The van der Waals surface area contributed by atoms with Gasteiger partial charge in [-0.05, 0) is 110 Å². The highest BCUT2D eigenvalue weighted by Crippen LogP contribution is 2.67. The number of hydrogen-bond donors (Lipinski definition) is 4. The zero-order valence-electron chi connectivity index (χ0n) is 18.2. The van der Waals surface area contributed by atoms with Crippen molar-refractivity contribution in [1.82, 2.24) is 10.2 Å². The molecule has 10 atom stereocenters. The summed E-state index contributed by atoms with van der Waals surface area (Å²) >= 11 is 5.49. The largest absolute Gasteiger partial charge is 0.393 e. The topological polar surface area (TPSA) is 81.6 Å². The van der Waals surface area contributed by atoms with Gasteiger partial charge in [0.05, 0.1) is 18.8 Å². The molecule has 0 aliphatic heterocycles. The van der Waals surface area contributed by atoms with E-state index in [4.69, 9.17) is 11.8 Å². The maximum atomic E-state index is 12.1. The van der Waals surface area contributed by atoms with Gasteiger partial charge in [0.1, 0.15) is 0 Å². The molecular weight excluding hydrogens is 388 g/mol. The normalized spacial score (nSPS) is 50.2. The van der Waals surface area contributed by atoms with Crippen LogP contribution in [0.4, 0.5) is 0 Å². The summed E-state index contributed by atoms with van der Waals surface area (Å²) in [5, 5.41) is 24.8. The number of rotatable bonds is 4. The molecule has 0 spiro atoms. The molecule has 4 aliphatic rings. The van der Waals surface area contributed by atoms with Gasteiger partial charge in [-0.2, -0.15) is 0 Å². The monoisotopic (exact) mass is 426 g/mol. The Hall–Kier alpha value is -0.360. The number of amides is 1. The van der Waals surface area contributed by atoms with Crippen molar-refractivity contribution in [3.05, 3.63) is 0 Å². The van der Waals surface area contributed by atoms with Gasteiger partial charge in [0.25, 0.3) is 0 Å². The summed E-state index contributed by atoms with van der Waals surface area (Å²) in [4.78, 5) is 14.5. The average Bonchev–Trinajstić information content (AvgIpc) is 2.98. The molecular formula is C23H39ClN2O3. The third kappa shape index (κ3) is 3.54. The van der Waals surface area contributed by atoms with Crippen LogP contribution in [0.25, 0.3) is 0 Å². The van der Waals surface area contributed by atoms with Crippen molar-refractivity contribution < 1.29 is 15.0 Å². The molecule has 4 saturated carbocycles. The van der Waals surface area contributed by atoms with Gasteiger partial charge in [0.15, 0.2) is 0 Å². The Bertz CT molecular complexity index is 633. The fourth-order valence-corrected chi connectivity index (χ4v) is 8.81. The van der Waals surface area contributed by atoms with Crippen molar-refractivity contribution in [2.45, 2.75) is 90.4 Å². The molecule has 6 heteroatoms. The molecule has 0 heterocycles. The van der Waals surface area contributed by atoms with Gasteiger partial charge in [-0.15, -0.1) is 0 Å². The Morgan fingerprint density at radius 2 is 1.90 bits per heavy atom. The molecule has 0 radical (unpaired) electrons. The first-order valence-electron chi connectivity index (χ1n) is 11.7. The van der Waals surface area contributed by atoms with Gasteiger partial charge in [-0.1, -0.05) is 13.8 Å². The van der Waals surface area contributed by atoms with Gasteiger partial charge >= 0.3 is 0 Å². The number of carbonyl (C=O) groups is 1. The van der Waals surface area contributed by atoms with Crippen molar-refractivity contribution in [3.63, 3.8) is 0 Å². The summed E-state index contributed by atoms with van der Waals surface area (Å²) in [7, 11) is 0. The second-order valence-corrected chi connectivity index (χ2v) is 11.4. The Balaban J connectivity index is 1.55. The third-order valence-electron chi connectivity index (χ3n) is 9.86. The molecule has 4 rings (SSSR count). The number of halogens is 1. The van der Waals surface area contributed by atoms with Gasteiger partial charge in [0, 0.05) is 6.04 Å². The first kappa shape index (κ1) is 21.9. The first-order chi connectivity index (χ1) is 13.7. The molecule has 4 aliphatic carbocycles. The van der Waals surface area contributed by atoms with Gasteiger partial charge in [0.2, 0.25) is 5.91 Å². The average molecular weight is 427 g/mol.